The van der Waals surface area contributed by atoms with Crippen molar-refractivity contribution < 1.29 is 5.11 Å². The molecule has 1 aromatic rings. The van der Waals surface area contributed by atoms with Crippen LogP contribution in [0.2, 0.25) is 5.02 Å². The van der Waals surface area contributed by atoms with Crippen molar-refractivity contribution in [3.05, 3.63) is 28.8 Å². The predicted molar refractivity (Wildman–Crippen MR) is 68.1 cm³/mol. The molecule has 1 aliphatic carbocycles. The Labute approximate surface area is 102 Å². The van der Waals surface area contributed by atoms with Gasteiger partial charge in [-0.05, 0) is 37.5 Å². The number of nitrogens with one attached hydrogen (secondary N) is 1. The van der Waals surface area contributed by atoms with E-state index in [0.29, 0.717) is 6.54 Å². The molecule has 16 heavy (non-hydrogen) atoms. The molecule has 1 fully saturated rings. The standard InChI is InChI=1S/C13H18ClNO/c1-10-4-5-11(14)8-12(10)15-9-13(16)6-2-3-7-13/h4-5,8,15-16H,2-3,6-7,9H2,1H3. The van der Waals surface area contributed by atoms with Crippen molar-refractivity contribution in [2.24, 2.45) is 0 Å². The van der Waals surface area contributed by atoms with Gasteiger partial charge in [-0.2, -0.15) is 0 Å². The zero-order valence-electron chi connectivity index (χ0n) is 9.59. The Morgan fingerprint density at radius 3 is 2.75 bits per heavy atom. The Morgan fingerprint density at radius 2 is 2.06 bits per heavy atom. The highest BCUT2D eigenvalue weighted by atomic mass is 35.5. The fourth-order valence-electron chi connectivity index (χ4n) is 2.25. The summed E-state index contributed by atoms with van der Waals surface area (Å²) >= 11 is 5.94. The minimum atomic E-state index is -0.519. The molecule has 0 heterocycles. The number of halogens is 1. The molecule has 0 unspecified atom stereocenters. The SMILES string of the molecule is Cc1ccc(Cl)cc1NCC1(O)CCCC1. The lowest BCUT2D eigenvalue weighted by Gasteiger charge is -2.23. The monoisotopic (exact) mass is 239 g/mol. The van der Waals surface area contributed by atoms with Gasteiger partial charge in [-0.1, -0.05) is 30.5 Å². The lowest BCUT2D eigenvalue weighted by atomic mass is 10.0. The zero-order valence-corrected chi connectivity index (χ0v) is 10.3. The third-order valence-electron chi connectivity index (χ3n) is 3.34. The third-order valence-corrected chi connectivity index (χ3v) is 3.58. The second-order valence-electron chi connectivity index (χ2n) is 4.74. The summed E-state index contributed by atoms with van der Waals surface area (Å²) in [5.41, 5.74) is 1.66. The zero-order chi connectivity index (χ0) is 11.6. The van der Waals surface area contributed by atoms with Gasteiger partial charge in [-0.25, -0.2) is 0 Å². The van der Waals surface area contributed by atoms with E-state index < -0.39 is 5.60 Å². The molecule has 0 bridgehead atoms. The number of anilines is 1. The van der Waals surface area contributed by atoms with E-state index >= 15 is 0 Å². The molecule has 0 atom stereocenters. The van der Waals surface area contributed by atoms with E-state index in [1.54, 1.807) is 0 Å². The quantitative estimate of drug-likeness (QED) is 0.848. The van der Waals surface area contributed by atoms with E-state index in [2.05, 4.69) is 5.32 Å². The summed E-state index contributed by atoms with van der Waals surface area (Å²) < 4.78 is 0. The first kappa shape index (κ1) is 11.7. The smallest absolute Gasteiger partial charge is 0.0819 e. The fraction of sp³-hybridized carbons (Fsp3) is 0.538. The Kier molecular flexibility index (Phi) is 3.41. The van der Waals surface area contributed by atoms with Crippen molar-refractivity contribution in [3.8, 4) is 0 Å². The molecule has 0 aliphatic heterocycles. The van der Waals surface area contributed by atoms with Gasteiger partial charge in [0.2, 0.25) is 0 Å². The van der Waals surface area contributed by atoms with Gasteiger partial charge in [-0.15, -0.1) is 0 Å². The molecule has 0 aromatic heterocycles. The van der Waals surface area contributed by atoms with Crippen LogP contribution in [-0.2, 0) is 0 Å². The Morgan fingerprint density at radius 1 is 1.38 bits per heavy atom. The molecule has 1 saturated carbocycles. The van der Waals surface area contributed by atoms with E-state index in [4.69, 9.17) is 11.6 Å². The third kappa shape index (κ3) is 2.69. The molecule has 2 nitrogen and oxygen atoms in total. The molecular weight excluding hydrogens is 222 g/mol. The van der Waals surface area contributed by atoms with Gasteiger partial charge in [-0.3, -0.25) is 0 Å². The van der Waals surface area contributed by atoms with Crippen molar-refractivity contribution in [1.29, 1.82) is 0 Å². The normalized spacial score (nSPS) is 18.7. The molecule has 2 rings (SSSR count). The van der Waals surface area contributed by atoms with Crippen LogP contribution in [0.3, 0.4) is 0 Å². The molecule has 0 spiro atoms. The van der Waals surface area contributed by atoms with Crippen LogP contribution in [0, 0.1) is 6.92 Å². The van der Waals surface area contributed by atoms with Crippen LogP contribution in [0.4, 0.5) is 5.69 Å². The summed E-state index contributed by atoms with van der Waals surface area (Å²) in [6.45, 7) is 2.66. The average Bonchev–Trinajstić information content (AvgIpc) is 2.67. The van der Waals surface area contributed by atoms with Crippen LogP contribution in [0.5, 0.6) is 0 Å². The maximum atomic E-state index is 10.2. The minimum absolute atomic E-state index is 0.519. The van der Waals surface area contributed by atoms with Crippen LogP contribution in [0.1, 0.15) is 31.2 Å². The predicted octanol–water partition coefficient (Wildman–Crippen LogP) is 3.37. The molecule has 2 N–H and O–H groups in total. The fourth-order valence-corrected chi connectivity index (χ4v) is 2.43. The van der Waals surface area contributed by atoms with Crippen LogP contribution >= 0.6 is 11.6 Å². The van der Waals surface area contributed by atoms with Crippen LogP contribution in [0.25, 0.3) is 0 Å². The Balaban J connectivity index is 2.01. The van der Waals surface area contributed by atoms with Gasteiger partial charge in [0.05, 0.1) is 5.60 Å². The Hall–Kier alpha value is -0.730. The topological polar surface area (TPSA) is 32.3 Å². The second kappa shape index (κ2) is 4.64. The average molecular weight is 240 g/mol. The molecule has 0 radical (unpaired) electrons. The molecule has 0 amide bonds. The van der Waals surface area contributed by atoms with Crippen LogP contribution in [0.15, 0.2) is 18.2 Å². The highest BCUT2D eigenvalue weighted by Gasteiger charge is 2.30. The van der Waals surface area contributed by atoms with Crippen molar-refractivity contribution in [1.82, 2.24) is 0 Å². The molecule has 88 valence electrons. The lowest BCUT2D eigenvalue weighted by Crippen LogP contribution is -2.33. The number of aryl methyl sites for hydroxylation is 1. The van der Waals surface area contributed by atoms with E-state index in [0.717, 1.165) is 42.0 Å². The maximum absolute atomic E-state index is 10.2. The first-order valence-electron chi connectivity index (χ1n) is 5.81. The van der Waals surface area contributed by atoms with Crippen LogP contribution < -0.4 is 5.32 Å². The maximum Gasteiger partial charge on any atom is 0.0819 e. The van der Waals surface area contributed by atoms with Gasteiger partial charge in [0.1, 0.15) is 0 Å². The largest absolute Gasteiger partial charge is 0.388 e. The summed E-state index contributed by atoms with van der Waals surface area (Å²) in [6.07, 6.45) is 4.07. The Bertz CT molecular complexity index is 372. The lowest BCUT2D eigenvalue weighted by molar-refractivity contribution is 0.0614. The van der Waals surface area contributed by atoms with Gasteiger partial charge >= 0.3 is 0 Å². The summed E-state index contributed by atoms with van der Waals surface area (Å²) in [5.74, 6) is 0. The first-order valence-corrected chi connectivity index (χ1v) is 6.19. The van der Waals surface area contributed by atoms with Crippen LogP contribution in [-0.4, -0.2) is 17.3 Å². The van der Waals surface area contributed by atoms with E-state index in [9.17, 15) is 5.11 Å². The molecule has 1 aliphatic rings. The number of aliphatic hydroxyl groups is 1. The van der Waals surface area contributed by atoms with Gasteiger partial charge < -0.3 is 10.4 Å². The highest BCUT2D eigenvalue weighted by molar-refractivity contribution is 6.30. The highest BCUT2D eigenvalue weighted by Crippen LogP contribution is 2.30. The van der Waals surface area contributed by atoms with E-state index in [1.165, 1.54) is 0 Å². The first-order chi connectivity index (χ1) is 7.59. The number of rotatable bonds is 3. The summed E-state index contributed by atoms with van der Waals surface area (Å²) in [4.78, 5) is 0. The molecule has 1 aromatic carbocycles. The van der Waals surface area contributed by atoms with Gasteiger partial charge in [0.25, 0.3) is 0 Å². The van der Waals surface area contributed by atoms with Gasteiger partial charge in [0.15, 0.2) is 0 Å². The molecule has 3 heteroatoms. The van der Waals surface area contributed by atoms with Crippen molar-refractivity contribution >= 4 is 17.3 Å². The van der Waals surface area contributed by atoms with E-state index in [1.807, 2.05) is 25.1 Å². The summed E-state index contributed by atoms with van der Waals surface area (Å²) in [6, 6.07) is 5.78. The number of hydrogen-bond acceptors (Lipinski definition) is 2. The summed E-state index contributed by atoms with van der Waals surface area (Å²) in [5, 5.41) is 14.2. The molecule has 0 saturated heterocycles. The van der Waals surface area contributed by atoms with Crippen molar-refractivity contribution in [2.45, 2.75) is 38.2 Å². The van der Waals surface area contributed by atoms with Crippen molar-refractivity contribution in [2.75, 3.05) is 11.9 Å². The molecular formula is C13H18ClNO. The minimum Gasteiger partial charge on any atom is -0.388 e. The number of benzene rings is 1. The van der Waals surface area contributed by atoms with Gasteiger partial charge in [0, 0.05) is 17.3 Å². The summed E-state index contributed by atoms with van der Waals surface area (Å²) in [7, 11) is 0. The van der Waals surface area contributed by atoms with E-state index in [-0.39, 0.29) is 0 Å². The number of hydrogen-bond donors (Lipinski definition) is 2. The second-order valence-corrected chi connectivity index (χ2v) is 5.18. The van der Waals surface area contributed by atoms with Crippen molar-refractivity contribution in [3.63, 3.8) is 0 Å².